The van der Waals surface area contributed by atoms with Crippen LogP contribution in [0.1, 0.15) is 37.5 Å². The van der Waals surface area contributed by atoms with Crippen molar-refractivity contribution in [2.45, 2.75) is 26.2 Å². The Balaban J connectivity index is 0.908. The van der Waals surface area contributed by atoms with Gasteiger partial charge >= 0.3 is 0 Å². The number of benzene rings is 7. The van der Waals surface area contributed by atoms with Crippen LogP contribution in [0.2, 0.25) is 0 Å². The van der Waals surface area contributed by atoms with Crippen LogP contribution >= 0.6 is 0 Å². The van der Waals surface area contributed by atoms with Gasteiger partial charge in [-0.15, -0.1) is 0 Å². The molecule has 0 amide bonds. The summed E-state index contributed by atoms with van der Waals surface area (Å²) in [6.45, 7) is 7.15. The molecule has 66 heavy (non-hydrogen) atoms. The highest BCUT2D eigenvalue weighted by Gasteiger charge is 2.41. The van der Waals surface area contributed by atoms with Gasteiger partial charge < -0.3 is 19.3 Å². The van der Waals surface area contributed by atoms with E-state index in [1.54, 1.807) is 6.07 Å². The number of allylic oxidation sites excluding steroid dienone is 9. The highest BCUT2D eigenvalue weighted by Crippen LogP contribution is 2.54. The summed E-state index contributed by atoms with van der Waals surface area (Å²) in [7, 11) is 0. The van der Waals surface area contributed by atoms with Gasteiger partial charge in [0, 0.05) is 62.7 Å². The number of halogens is 1. The molecule has 322 valence electrons. The maximum Gasteiger partial charge on any atom is 0.136 e. The first kappa shape index (κ1) is 40.9. The van der Waals surface area contributed by atoms with E-state index in [9.17, 15) is 0 Å². The fourth-order valence-corrected chi connectivity index (χ4v) is 10.2. The number of rotatable bonds is 11. The maximum absolute atomic E-state index is 15.7. The number of hydrogen-bond acceptors (Lipinski definition) is 4. The van der Waals surface area contributed by atoms with Crippen LogP contribution < -0.4 is 14.5 Å². The third kappa shape index (κ3) is 7.27. The number of nitrogens with zero attached hydrogens (tertiary/aromatic N) is 2. The van der Waals surface area contributed by atoms with Gasteiger partial charge in [-0.05, 0) is 131 Å². The molecule has 0 spiro atoms. The van der Waals surface area contributed by atoms with Gasteiger partial charge in [0.15, 0.2) is 0 Å². The summed E-state index contributed by atoms with van der Waals surface area (Å²) in [6, 6.07) is 57.9. The summed E-state index contributed by atoms with van der Waals surface area (Å²) in [6.07, 6.45) is 16.9. The van der Waals surface area contributed by atoms with Gasteiger partial charge in [-0.1, -0.05) is 135 Å². The lowest BCUT2D eigenvalue weighted by atomic mass is 9.73. The monoisotopic (exact) mass is 860 g/mol. The topological polar surface area (TPSA) is 24.9 Å². The van der Waals surface area contributed by atoms with Crippen molar-refractivity contribution in [2.75, 3.05) is 16.4 Å². The molecule has 4 nitrogen and oxygen atoms in total. The smallest absolute Gasteiger partial charge is 0.136 e. The fraction of sp³-hybridized carbons (Fsp3) is 0.115. The lowest BCUT2D eigenvalue weighted by molar-refractivity contribution is 0.196. The summed E-state index contributed by atoms with van der Waals surface area (Å²) in [4.78, 5) is 4.48. The molecule has 5 heteroatoms. The van der Waals surface area contributed by atoms with E-state index in [1.807, 2.05) is 54.6 Å². The molecule has 1 aliphatic heterocycles. The molecule has 4 aliphatic rings. The summed E-state index contributed by atoms with van der Waals surface area (Å²) in [5.74, 6) is 2.31. The second-order valence-corrected chi connectivity index (χ2v) is 17.8. The van der Waals surface area contributed by atoms with Gasteiger partial charge in [-0.2, -0.15) is 0 Å². The first-order valence-corrected chi connectivity index (χ1v) is 22.7. The van der Waals surface area contributed by atoms with Gasteiger partial charge in [0.05, 0.1) is 5.92 Å². The average Bonchev–Trinajstić information content (AvgIpc) is 3.58. The first-order valence-electron chi connectivity index (χ1n) is 22.7. The zero-order valence-corrected chi connectivity index (χ0v) is 37.2. The molecule has 0 fully saturated rings. The van der Waals surface area contributed by atoms with Crippen molar-refractivity contribution in [3.63, 3.8) is 0 Å². The normalized spacial score (nSPS) is 17.3. The molecule has 0 bridgehead atoms. The van der Waals surface area contributed by atoms with Crippen molar-refractivity contribution in [3.8, 4) is 28.0 Å². The lowest BCUT2D eigenvalue weighted by Gasteiger charge is -2.39. The Kier molecular flexibility index (Phi) is 10.5. The van der Waals surface area contributed by atoms with Crippen molar-refractivity contribution in [3.05, 3.63) is 258 Å². The molecule has 0 saturated heterocycles. The van der Waals surface area contributed by atoms with Crippen molar-refractivity contribution in [2.24, 2.45) is 11.8 Å². The zero-order valence-electron chi connectivity index (χ0n) is 37.2. The van der Waals surface area contributed by atoms with Crippen LogP contribution in [0.4, 0.5) is 32.8 Å². The molecule has 0 saturated carbocycles. The second kappa shape index (κ2) is 16.9. The summed E-state index contributed by atoms with van der Waals surface area (Å²) in [5.41, 5.74) is 14.6. The van der Waals surface area contributed by atoms with E-state index < -0.39 is 0 Å². The van der Waals surface area contributed by atoms with E-state index in [1.165, 1.54) is 27.8 Å². The lowest BCUT2D eigenvalue weighted by Crippen LogP contribution is -2.30. The number of hydrogen-bond donors (Lipinski definition) is 0. The van der Waals surface area contributed by atoms with Crippen molar-refractivity contribution in [1.29, 1.82) is 0 Å². The zero-order chi connectivity index (χ0) is 44.8. The van der Waals surface area contributed by atoms with Crippen molar-refractivity contribution < 1.29 is 13.9 Å². The highest BCUT2D eigenvalue weighted by atomic mass is 19.1. The molecule has 7 aromatic carbocycles. The summed E-state index contributed by atoms with van der Waals surface area (Å²) in [5, 5.41) is 0. The van der Waals surface area contributed by atoms with Crippen LogP contribution in [-0.4, -0.2) is 6.61 Å². The van der Waals surface area contributed by atoms with Gasteiger partial charge in [0.1, 0.15) is 29.7 Å². The van der Waals surface area contributed by atoms with E-state index in [-0.39, 0.29) is 23.1 Å². The third-order valence-electron chi connectivity index (χ3n) is 13.4. The number of fused-ring (bicyclic) bond motifs is 5. The van der Waals surface area contributed by atoms with Crippen LogP contribution in [0.25, 0.3) is 27.8 Å². The molecule has 7 aromatic rings. The molecule has 2 unspecified atom stereocenters. The minimum absolute atomic E-state index is 0.00108. The number of para-hydroxylation sites is 2. The Morgan fingerprint density at radius 3 is 2.03 bits per heavy atom. The highest BCUT2D eigenvalue weighted by molar-refractivity contribution is 5.88. The maximum atomic E-state index is 15.7. The summed E-state index contributed by atoms with van der Waals surface area (Å²) >= 11 is 0. The third-order valence-corrected chi connectivity index (χ3v) is 13.4. The Labute approximate surface area is 386 Å². The van der Waals surface area contributed by atoms with Crippen LogP contribution in [0.5, 0.6) is 5.75 Å². The predicted molar refractivity (Wildman–Crippen MR) is 269 cm³/mol. The SMILES string of the molecule is CC(=CC=CCOC1=CC=C2c3ccc(N(c4ccc(F)c(-c5ccccc5)c4)c4ccc5c(c4)C(C)(C)c4ccccc4-5)cc3OC3=CC=CC1C32)N(c1ccccc1)c1ccccc1. The van der Waals surface area contributed by atoms with Crippen molar-refractivity contribution >= 4 is 34.0 Å². The minimum Gasteiger partial charge on any atom is -0.493 e. The minimum atomic E-state index is -0.264. The number of anilines is 5. The largest absolute Gasteiger partial charge is 0.493 e. The Hall–Kier alpha value is -7.89. The van der Waals surface area contributed by atoms with Gasteiger partial charge in [-0.3, -0.25) is 0 Å². The van der Waals surface area contributed by atoms with E-state index in [0.717, 1.165) is 62.5 Å². The van der Waals surface area contributed by atoms with E-state index in [0.29, 0.717) is 12.2 Å². The Bertz CT molecular complexity index is 3140. The van der Waals surface area contributed by atoms with E-state index in [2.05, 4.69) is 188 Å². The molecule has 3 aliphatic carbocycles. The second-order valence-electron chi connectivity index (χ2n) is 17.8. The van der Waals surface area contributed by atoms with Crippen LogP contribution in [0.15, 0.2) is 236 Å². The van der Waals surface area contributed by atoms with Crippen LogP contribution in [0.3, 0.4) is 0 Å². The average molecular weight is 861 g/mol. The van der Waals surface area contributed by atoms with Crippen molar-refractivity contribution in [1.82, 2.24) is 0 Å². The molecule has 0 N–H and O–H groups in total. The van der Waals surface area contributed by atoms with Gasteiger partial charge in [-0.25, -0.2) is 4.39 Å². The molecule has 0 aromatic heterocycles. The van der Waals surface area contributed by atoms with Gasteiger partial charge in [0.25, 0.3) is 0 Å². The first-order chi connectivity index (χ1) is 32.3. The molecule has 2 atom stereocenters. The molecule has 11 rings (SSSR count). The summed E-state index contributed by atoms with van der Waals surface area (Å²) < 4.78 is 29.1. The quantitative estimate of drug-likeness (QED) is 0.121. The number of ether oxygens (including phenoxy) is 2. The van der Waals surface area contributed by atoms with Gasteiger partial charge in [0.2, 0.25) is 0 Å². The molecular formula is C61H49FN2O2. The Morgan fingerprint density at radius 2 is 1.27 bits per heavy atom. The molecular weight excluding hydrogens is 812 g/mol. The fourth-order valence-electron chi connectivity index (χ4n) is 10.2. The predicted octanol–water partition coefficient (Wildman–Crippen LogP) is 15.9. The van der Waals surface area contributed by atoms with Crippen LogP contribution in [0, 0.1) is 17.7 Å². The standard InChI is InChI=1S/C61H49FN2O2/c1-41(63(43-21-9-5-10-22-43)44-23-11-6-12-24-44)18-15-16-37-65-57-36-34-51-50-33-30-47(40-59(50)66-58-28-17-26-52(57)60(51)58)64(45-31-35-56(62)53(38-45)42-19-7-4-8-20-42)46-29-32-49-48-25-13-14-27-54(48)61(2,3)55(49)39-46/h4-36,38-40,52,60H,37H2,1-3H3. The molecule has 0 radical (unpaired) electrons. The Morgan fingerprint density at radius 1 is 0.636 bits per heavy atom. The van der Waals surface area contributed by atoms with Crippen LogP contribution in [-0.2, 0) is 10.2 Å². The van der Waals surface area contributed by atoms with E-state index >= 15 is 4.39 Å². The van der Waals surface area contributed by atoms with E-state index in [4.69, 9.17) is 9.47 Å². The molecule has 1 heterocycles.